The molecule has 0 amide bonds. The summed E-state index contributed by atoms with van der Waals surface area (Å²) in [6.45, 7) is 27.6. The Morgan fingerprint density at radius 1 is 0.235 bits per heavy atom. The number of fused-ring (bicyclic) bond motifs is 8. The van der Waals surface area contributed by atoms with E-state index in [1.54, 1.807) is 0 Å². The van der Waals surface area contributed by atoms with E-state index in [0.717, 1.165) is 0 Å². The predicted octanol–water partition coefficient (Wildman–Crippen LogP) is 17.6. The highest BCUT2D eigenvalue weighted by Crippen LogP contribution is 2.43. The summed E-state index contributed by atoms with van der Waals surface area (Å²) in [4.78, 5) is 0. The number of hydrogen-bond acceptors (Lipinski definition) is 0. The fraction of sp³-hybridized carbons (Fsp3) is 0.265. The van der Waals surface area contributed by atoms with Crippen molar-refractivity contribution in [3.63, 3.8) is 0 Å². The van der Waals surface area contributed by atoms with E-state index in [-0.39, 0.29) is 33.5 Å². The van der Waals surface area contributed by atoms with Crippen LogP contribution in [-0.4, -0.2) is 0 Å². The summed E-state index contributed by atoms with van der Waals surface area (Å²) < 4.78 is 0. The summed E-state index contributed by atoms with van der Waals surface area (Å²) in [5.74, 6) is 2.46. The molecule has 0 radical (unpaired) electrons. The van der Waals surface area contributed by atoms with Gasteiger partial charge in [0.05, 0.1) is 45.2 Å². The molecule has 8 aromatic rings. The lowest BCUT2D eigenvalue weighted by atomic mass is 9.75. The first-order valence-corrected chi connectivity index (χ1v) is 24.8. The van der Waals surface area contributed by atoms with Gasteiger partial charge in [0.2, 0.25) is 0 Å². The lowest BCUT2D eigenvalue weighted by molar-refractivity contribution is 0.589. The van der Waals surface area contributed by atoms with E-state index in [1.807, 2.05) is 0 Å². The van der Waals surface area contributed by atoms with Crippen molar-refractivity contribution in [2.45, 2.75) is 117 Å². The first kappa shape index (κ1) is 46.6. The largest absolute Gasteiger partial charge is 0.0632 e. The van der Waals surface area contributed by atoms with E-state index in [1.165, 1.54) is 101 Å². The Bertz CT molecular complexity index is 2510. The van der Waals surface area contributed by atoms with Crippen LogP contribution in [-0.2, 0) is 21.7 Å². The Labute approximate surface area is 409 Å². The average molecular weight is 887 g/mol. The SMILES string of the molecule is CC(C)(C)c1ccc([C+]2c3cccc(c3)[C+](c3ccc(C(C)(C)C)cc3)c3cccc(c3)C(c3ccc(C(C)(C)C)cc3)c3cccc(c3)C(c3ccc(C(C)(C)C)cc3)c3cccc2c3)cc1. The van der Waals surface area contributed by atoms with Gasteiger partial charge in [-0.3, -0.25) is 0 Å². The van der Waals surface area contributed by atoms with E-state index >= 15 is 0 Å². The Morgan fingerprint density at radius 3 is 0.794 bits per heavy atom. The Kier molecular flexibility index (Phi) is 12.2. The Balaban J connectivity index is 1.33. The van der Waals surface area contributed by atoms with Gasteiger partial charge in [-0.15, -0.1) is 0 Å². The van der Waals surface area contributed by atoms with Crippen LogP contribution in [0.25, 0.3) is 0 Å². The van der Waals surface area contributed by atoms with Crippen molar-refractivity contribution in [1.29, 1.82) is 0 Å². The number of rotatable bonds is 4. The van der Waals surface area contributed by atoms with E-state index < -0.39 is 0 Å². The van der Waals surface area contributed by atoms with Crippen LogP contribution < -0.4 is 0 Å². The second-order valence-electron chi connectivity index (χ2n) is 23.5. The van der Waals surface area contributed by atoms with E-state index in [2.05, 4.69) is 277 Å². The molecule has 0 saturated heterocycles. The van der Waals surface area contributed by atoms with Crippen LogP contribution >= 0.6 is 0 Å². The fourth-order valence-corrected chi connectivity index (χ4v) is 10.3. The fourth-order valence-electron chi connectivity index (χ4n) is 10.3. The molecule has 0 heterocycles. The minimum absolute atomic E-state index is 0.000989. The van der Waals surface area contributed by atoms with Crippen LogP contribution in [0, 0.1) is 11.8 Å². The third-order valence-corrected chi connectivity index (χ3v) is 14.3. The molecule has 0 nitrogen and oxygen atoms in total. The summed E-state index contributed by atoms with van der Waals surface area (Å²) in [6.07, 6.45) is 0. The number of hydrogen-bond donors (Lipinski definition) is 0. The van der Waals surface area contributed by atoms with Crippen LogP contribution in [0.5, 0.6) is 0 Å². The van der Waals surface area contributed by atoms with Crippen LogP contribution in [0.2, 0.25) is 0 Å². The Morgan fingerprint density at radius 2 is 0.485 bits per heavy atom. The van der Waals surface area contributed by atoms with Gasteiger partial charge in [-0.25, -0.2) is 0 Å². The molecule has 8 aromatic carbocycles. The van der Waals surface area contributed by atoms with Crippen molar-refractivity contribution >= 4 is 0 Å². The van der Waals surface area contributed by atoms with Crippen molar-refractivity contribution in [2.24, 2.45) is 0 Å². The molecule has 0 aromatic heterocycles. The highest BCUT2D eigenvalue weighted by molar-refractivity contribution is 5.65. The standard InChI is InChI=1S/C68H70/c1-65(2,3)57-33-25-45(26-34-57)61-49-17-13-19-51(41-49)62(46-27-35-58(36-28-46)66(4,5)6)53-21-15-23-55(43-53)64(48-31-39-60(40-32-48)68(10,11)12)56-24-16-22-54(44-56)63(52-20-14-18-50(61)42-52)47-29-37-59(38-30-47)67(7,8)9/h13-44,61-62H,1-12H3/q+2. The monoisotopic (exact) mass is 887 g/mol. The molecule has 8 bridgehead atoms. The first-order chi connectivity index (χ1) is 32.2. The normalized spacial score (nSPS) is 15.6. The lowest BCUT2D eigenvalue weighted by Crippen LogP contribution is -2.14. The molecule has 2 unspecified atom stereocenters. The van der Waals surface area contributed by atoms with Gasteiger partial charge in [0.25, 0.3) is 0 Å². The lowest BCUT2D eigenvalue weighted by Gasteiger charge is -2.26. The second-order valence-corrected chi connectivity index (χ2v) is 23.5. The van der Waals surface area contributed by atoms with E-state index in [0.29, 0.717) is 0 Å². The first-order valence-electron chi connectivity index (χ1n) is 24.8. The second kappa shape index (κ2) is 17.9. The molecular weight excluding hydrogens is 817 g/mol. The van der Waals surface area contributed by atoms with Gasteiger partial charge in [0, 0.05) is 17.9 Å². The highest BCUT2D eigenvalue weighted by atomic mass is 14.3. The van der Waals surface area contributed by atoms with Gasteiger partial charge in [-0.1, -0.05) is 156 Å². The molecule has 0 heteroatoms. The van der Waals surface area contributed by atoms with Crippen LogP contribution in [0.15, 0.2) is 194 Å². The molecule has 9 rings (SSSR count). The molecule has 2 atom stereocenters. The van der Waals surface area contributed by atoms with Crippen molar-refractivity contribution < 1.29 is 0 Å². The maximum Gasteiger partial charge on any atom is 0.0632 e. The molecule has 1 aliphatic carbocycles. The summed E-state index contributed by atoms with van der Waals surface area (Å²) in [5, 5.41) is 0. The zero-order valence-electron chi connectivity index (χ0n) is 42.6. The molecular formula is C68H70+2. The molecule has 0 aliphatic heterocycles. The smallest absolute Gasteiger partial charge is 0.0617 e. The van der Waals surface area contributed by atoms with Crippen LogP contribution in [0.3, 0.4) is 0 Å². The zero-order valence-corrected chi connectivity index (χ0v) is 42.6. The minimum Gasteiger partial charge on any atom is -0.0617 e. The van der Waals surface area contributed by atoms with Crippen molar-refractivity contribution in [1.82, 2.24) is 0 Å². The molecule has 0 spiro atoms. The van der Waals surface area contributed by atoms with Crippen molar-refractivity contribution in [3.05, 3.63) is 295 Å². The molecule has 0 fully saturated rings. The average Bonchev–Trinajstić information content (AvgIpc) is 3.29. The summed E-state index contributed by atoms with van der Waals surface area (Å²) >= 11 is 0. The Hall–Kier alpha value is -6.50. The van der Waals surface area contributed by atoms with Crippen LogP contribution in [0.1, 0.15) is 184 Å². The maximum atomic E-state index is 2.50. The van der Waals surface area contributed by atoms with Crippen molar-refractivity contribution in [3.8, 4) is 0 Å². The van der Waals surface area contributed by atoms with Gasteiger partial charge in [-0.05, 0) is 193 Å². The van der Waals surface area contributed by atoms with Gasteiger partial charge in [0.15, 0.2) is 0 Å². The van der Waals surface area contributed by atoms with Crippen molar-refractivity contribution in [2.75, 3.05) is 0 Å². The molecule has 340 valence electrons. The summed E-state index contributed by atoms with van der Waals surface area (Å²) in [6, 6.07) is 75.2. The third-order valence-electron chi connectivity index (χ3n) is 14.3. The predicted molar refractivity (Wildman–Crippen MR) is 289 cm³/mol. The van der Waals surface area contributed by atoms with Gasteiger partial charge in [0.1, 0.15) is 0 Å². The maximum absolute atomic E-state index is 2.50. The van der Waals surface area contributed by atoms with E-state index in [4.69, 9.17) is 0 Å². The quantitative estimate of drug-likeness (QED) is 0.155. The molecule has 68 heavy (non-hydrogen) atoms. The van der Waals surface area contributed by atoms with Gasteiger partial charge in [-0.2, -0.15) is 0 Å². The summed E-state index contributed by atoms with van der Waals surface area (Å²) in [5.41, 5.74) is 20.4. The van der Waals surface area contributed by atoms with Gasteiger partial charge >= 0.3 is 0 Å². The summed E-state index contributed by atoms with van der Waals surface area (Å²) in [7, 11) is 0. The highest BCUT2D eigenvalue weighted by Gasteiger charge is 2.32. The molecule has 0 saturated carbocycles. The van der Waals surface area contributed by atoms with Crippen LogP contribution in [0.4, 0.5) is 0 Å². The molecule has 0 N–H and O–H groups in total. The zero-order chi connectivity index (χ0) is 48.2. The van der Waals surface area contributed by atoms with Gasteiger partial charge < -0.3 is 0 Å². The number of benzene rings is 8. The topological polar surface area (TPSA) is 0 Å². The molecule has 1 aliphatic rings. The van der Waals surface area contributed by atoms with E-state index in [9.17, 15) is 0 Å². The minimum atomic E-state index is -0.000989. The third kappa shape index (κ3) is 9.62.